The zero-order valence-corrected chi connectivity index (χ0v) is 14.7. The van der Waals surface area contributed by atoms with E-state index < -0.39 is 0 Å². The Morgan fingerprint density at radius 1 is 1.42 bits per heavy atom. The van der Waals surface area contributed by atoms with E-state index in [1.807, 2.05) is 31.3 Å². The van der Waals surface area contributed by atoms with E-state index in [2.05, 4.69) is 15.4 Å². The molecule has 134 valence electrons. The molecule has 8 heteroatoms. The van der Waals surface area contributed by atoms with Crippen molar-refractivity contribution >= 4 is 45.4 Å². The molecule has 3 rings (SSSR count). The first-order valence-corrected chi connectivity index (χ1v) is 8.19. The molecular formula is C18H21N7O. The van der Waals surface area contributed by atoms with Crippen molar-refractivity contribution in [2.24, 2.45) is 5.73 Å². The molecule has 8 nitrogen and oxygen atoms in total. The number of amides is 1. The lowest BCUT2D eigenvalue weighted by molar-refractivity contribution is -0.119. The Bertz CT molecular complexity index is 1030. The third-order valence-electron chi connectivity index (χ3n) is 4.04. The number of aromatic nitrogens is 3. The molecule has 1 aromatic carbocycles. The number of anilines is 1. The van der Waals surface area contributed by atoms with E-state index in [0.29, 0.717) is 23.6 Å². The van der Waals surface area contributed by atoms with Gasteiger partial charge in [0.15, 0.2) is 0 Å². The van der Waals surface area contributed by atoms with E-state index in [1.165, 1.54) is 13.0 Å². The molecule has 0 bridgehead atoms. The van der Waals surface area contributed by atoms with Crippen LogP contribution in [0.4, 0.5) is 5.82 Å². The number of nitrogens with two attached hydrogens (primary N) is 2. The molecule has 1 atom stereocenters. The van der Waals surface area contributed by atoms with Crippen molar-refractivity contribution in [3.63, 3.8) is 0 Å². The molecule has 0 fully saturated rings. The molecule has 3 aromatic rings. The molecule has 0 saturated heterocycles. The highest BCUT2D eigenvalue weighted by atomic mass is 16.1. The Morgan fingerprint density at radius 3 is 2.88 bits per heavy atom. The molecule has 0 aliphatic heterocycles. The summed E-state index contributed by atoms with van der Waals surface area (Å²) in [5.74, 6) is 0.307. The number of nitrogens with one attached hydrogen (secondary N) is 2. The highest BCUT2D eigenvalue weighted by molar-refractivity contribution is 6.08. The van der Waals surface area contributed by atoms with Gasteiger partial charge in [-0.3, -0.25) is 9.48 Å². The van der Waals surface area contributed by atoms with Crippen molar-refractivity contribution in [1.29, 1.82) is 5.41 Å². The summed E-state index contributed by atoms with van der Waals surface area (Å²) in [5, 5.41) is 16.2. The highest BCUT2D eigenvalue weighted by Crippen LogP contribution is 2.28. The molecule has 1 unspecified atom stereocenters. The summed E-state index contributed by atoms with van der Waals surface area (Å²) in [4.78, 5) is 15.6. The Balaban J connectivity index is 2.06. The van der Waals surface area contributed by atoms with Crippen LogP contribution in [0.2, 0.25) is 0 Å². The fourth-order valence-electron chi connectivity index (χ4n) is 2.95. The lowest BCUT2D eigenvalue weighted by atomic mass is 10.1. The third kappa shape index (κ3) is 3.34. The van der Waals surface area contributed by atoms with Crippen molar-refractivity contribution in [3.8, 4) is 0 Å². The molecule has 0 aliphatic rings. The molecule has 0 radical (unpaired) electrons. The number of benzene rings is 1. The lowest BCUT2D eigenvalue weighted by Crippen LogP contribution is -2.34. The van der Waals surface area contributed by atoms with Crippen LogP contribution in [-0.2, 0) is 11.3 Å². The van der Waals surface area contributed by atoms with Crippen molar-refractivity contribution in [1.82, 2.24) is 20.1 Å². The minimum absolute atomic E-state index is 0.0556. The normalized spacial score (nSPS) is 13.1. The van der Waals surface area contributed by atoms with E-state index in [4.69, 9.17) is 16.9 Å². The second kappa shape index (κ2) is 6.83. The first-order valence-electron chi connectivity index (χ1n) is 8.19. The molecule has 26 heavy (non-hydrogen) atoms. The quantitative estimate of drug-likeness (QED) is 0.518. The first kappa shape index (κ1) is 17.4. The first-order chi connectivity index (χ1) is 12.4. The smallest absolute Gasteiger partial charge is 0.217 e. The van der Waals surface area contributed by atoms with Crippen molar-refractivity contribution < 1.29 is 4.79 Å². The number of carbonyl (C=O) groups is 1. The van der Waals surface area contributed by atoms with E-state index >= 15 is 0 Å². The number of nitrogen functional groups attached to an aromatic ring is 1. The second-order valence-electron chi connectivity index (χ2n) is 6.23. The summed E-state index contributed by atoms with van der Waals surface area (Å²) in [5.41, 5.74) is 14.8. The van der Waals surface area contributed by atoms with Crippen LogP contribution in [0.5, 0.6) is 0 Å². The summed E-state index contributed by atoms with van der Waals surface area (Å²) in [6.07, 6.45) is 4.50. The summed E-state index contributed by atoms with van der Waals surface area (Å²) in [7, 11) is 0. The zero-order valence-electron chi connectivity index (χ0n) is 14.7. The van der Waals surface area contributed by atoms with Gasteiger partial charge in [0, 0.05) is 36.5 Å². The molecule has 2 aromatic heterocycles. The molecule has 0 aliphatic carbocycles. The van der Waals surface area contributed by atoms with E-state index in [-0.39, 0.29) is 11.9 Å². The van der Waals surface area contributed by atoms with Gasteiger partial charge < -0.3 is 22.2 Å². The summed E-state index contributed by atoms with van der Waals surface area (Å²) >= 11 is 0. The number of allylic oxidation sites excluding steroid dienone is 1. The van der Waals surface area contributed by atoms with Gasteiger partial charge in [-0.1, -0.05) is 6.07 Å². The molecule has 0 saturated carbocycles. The molecule has 2 heterocycles. The average molecular weight is 351 g/mol. The van der Waals surface area contributed by atoms with E-state index in [1.54, 1.807) is 4.68 Å². The minimum Gasteiger partial charge on any atom is -0.398 e. The second-order valence-corrected chi connectivity index (χ2v) is 6.23. The van der Waals surface area contributed by atoms with Crippen LogP contribution in [0.15, 0.2) is 30.5 Å². The predicted molar refractivity (Wildman–Crippen MR) is 104 cm³/mol. The van der Waals surface area contributed by atoms with Crippen molar-refractivity contribution in [2.75, 3.05) is 5.73 Å². The summed E-state index contributed by atoms with van der Waals surface area (Å²) in [6, 6.07) is 5.55. The number of hydrogen-bond acceptors (Lipinski definition) is 6. The fourth-order valence-corrected chi connectivity index (χ4v) is 2.95. The number of pyridine rings is 1. The van der Waals surface area contributed by atoms with Gasteiger partial charge >= 0.3 is 0 Å². The summed E-state index contributed by atoms with van der Waals surface area (Å²) in [6.45, 7) is 3.93. The standard InChI is InChI=1S/C18H21N7O/c1-10(22-11(2)26)8-25-9-14-17(24-25)13-4-3-12(15(20)5-6-19)7-16(13)23-18(14)21/h3-7,9-10,19H,8,20H2,1-2H3,(H2,21,23)(H,22,26)/b15-5-,19-6?. The van der Waals surface area contributed by atoms with Gasteiger partial charge in [-0.2, -0.15) is 5.10 Å². The third-order valence-corrected chi connectivity index (χ3v) is 4.04. The summed E-state index contributed by atoms with van der Waals surface area (Å²) < 4.78 is 1.76. The number of hydrogen-bond donors (Lipinski definition) is 4. The maximum atomic E-state index is 11.2. The maximum Gasteiger partial charge on any atom is 0.217 e. The maximum absolute atomic E-state index is 11.2. The van der Waals surface area contributed by atoms with Crippen LogP contribution in [0, 0.1) is 5.41 Å². The monoisotopic (exact) mass is 351 g/mol. The molecular weight excluding hydrogens is 330 g/mol. The van der Waals surface area contributed by atoms with Gasteiger partial charge in [-0.05, 0) is 30.7 Å². The van der Waals surface area contributed by atoms with Crippen LogP contribution in [-0.4, -0.2) is 32.9 Å². The van der Waals surface area contributed by atoms with E-state index in [0.717, 1.165) is 28.1 Å². The number of fused-ring (bicyclic) bond motifs is 3. The zero-order chi connectivity index (χ0) is 18.8. The van der Waals surface area contributed by atoms with Crippen molar-refractivity contribution in [2.45, 2.75) is 26.4 Å². The number of rotatable bonds is 5. The largest absolute Gasteiger partial charge is 0.398 e. The predicted octanol–water partition coefficient (Wildman–Crippen LogP) is 1.64. The number of carbonyl (C=O) groups excluding carboxylic acids is 1. The highest BCUT2D eigenvalue weighted by Gasteiger charge is 2.13. The van der Waals surface area contributed by atoms with Gasteiger partial charge in [-0.15, -0.1) is 0 Å². The van der Waals surface area contributed by atoms with Crippen LogP contribution in [0.3, 0.4) is 0 Å². The van der Waals surface area contributed by atoms with Gasteiger partial charge in [0.25, 0.3) is 0 Å². The minimum atomic E-state index is -0.0797. The van der Waals surface area contributed by atoms with Crippen LogP contribution >= 0.6 is 0 Å². The molecule has 6 N–H and O–H groups in total. The number of nitrogens with zero attached hydrogens (tertiary/aromatic N) is 3. The van der Waals surface area contributed by atoms with Crippen LogP contribution in [0.25, 0.3) is 27.5 Å². The Morgan fingerprint density at radius 2 is 2.19 bits per heavy atom. The van der Waals surface area contributed by atoms with Gasteiger partial charge in [0.05, 0.1) is 17.4 Å². The van der Waals surface area contributed by atoms with Gasteiger partial charge in [-0.25, -0.2) is 4.98 Å². The Hall–Kier alpha value is -3.42. The Kier molecular flexibility index (Phi) is 4.57. The van der Waals surface area contributed by atoms with Crippen LogP contribution < -0.4 is 16.8 Å². The SMILES string of the molecule is CC(=O)NC(C)Cn1cc2c(N)nc3cc(/C(N)=C/C=N)ccc3c2n1. The topological polar surface area (TPSA) is 136 Å². The fraction of sp³-hybridized carbons (Fsp3) is 0.222. The average Bonchev–Trinajstić information content (AvgIpc) is 2.98. The lowest BCUT2D eigenvalue weighted by Gasteiger charge is -2.11. The molecule has 0 spiro atoms. The van der Waals surface area contributed by atoms with Crippen molar-refractivity contribution in [3.05, 3.63) is 36.0 Å². The van der Waals surface area contributed by atoms with E-state index in [9.17, 15) is 4.79 Å². The molecule has 1 amide bonds. The van der Waals surface area contributed by atoms with Crippen LogP contribution in [0.1, 0.15) is 19.4 Å². The van der Waals surface area contributed by atoms with Gasteiger partial charge in [0.1, 0.15) is 11.3 Å². The Labute approximate surface area is 150 Å². The van der Waals surface area contributed by atoms with Gasteiger partial charge in [0.2, 0.25) is 5.91 Å².